The standard InChI is InChI=1S/C51H95NO13/c1-3-5-7-9-11-12-13-14-15-16-17-18-19-20-21-22-23-24-25-26-27-28-29-30-32-34-40(55)39(52-43(56)35-33-31-10-8-6-4-2)38-62-50-48(61)46(59)49(42(37-54)64-50)65-51-47(60)45(58)44(57)41(36-53)63-51/h27-28,32,34,39-42,44-51,53-55,57-61H,3-26,29-31,33,35-38H2,1-2H3,(H,52,56)/b28-27+,34-32+. The van der Waals surface area contributed by atoms with Gasteiger partial charge in [0.25, 0.3) is 0 Å². The van der Waals surface area contributed by atoms with Crippen LogP contribution >= 0.6 is 0 Å². The molecule has 9 N–H and O–H groups in total. The van der Waals surface area contributed by atoms with Crippen LogP contribution in [0.5, 0.6) is 0 Å². The van der Waals surface area contributed by atoms with Crippen molar-refractivity contribution in [1.29, 1.82) is 0 Å². The lowest BCUT2D eigenvalue weighted by atomic mass is 9.97. The number of aliphatic hydroxyl groups excluding tert-OH is 8. The first-order chi connectivity index (χ1) is 31.6. The summed E-state index contributed by atoms with van der Waals surface area (Å²) in [6.45, 7) is 2.69. The summed E-state index contributed by atoms with van der Waals surface area (Å²) in [5.74, 6) is -0.259. The van der Waals surface area contributed by atoms with Crippen molar-refractivity contribution in [2.24, 2.45) is 0 Å². The van der Waals surface area contributed by atoms with E-state index in [-0.39, 0.29) is 18.9 Å². The van der Waals surface area contributed by atoms with E-state index in [4.69, 9.17) is 18.9 Å². The van der Waals surface area contributed by atoms with E-state index in [1.54, 1.807) is 6.08 Å². The molecule has 0 aromatic heterocycles. The maximum absolute atomic E-state index is 13.0. The van der Waals surface area contributed by atoms with Crippen molar-refractivity contribution < 1.29 is 64.6 Å². The molecule has 2 fully saturated rings. The topological polar surface area (TPSA) is 228 Å². The van der Waals surface area contributed by atoms with E-state index in [0.717, 1.165) is 44.9 Å². The number of carbonyl (C=O) groups excluding carboxylic acids is 1. The van der Waals surface area contributed by atoms with Gasteiger partial charge in [-0.05, 0) is 32.1 Å². The van der Waals surface area contributed by atoms with Crippen molar-refractivity contribution >= 4 is 5.91 Å². The minimum atomic E-state index is -1.79. The van der Waals surface area contributed by atoms with Crippen molar-refractivity contribution in [2.45, 2.75) is 274 Å². The summed E-state index contributed by atoms with van der Waals surface area (Å²) in [6.07, 6.45) is 25.7. The van der Waals surface area contributed by atoms with Crippen LogP contribution in [0.25, 0.3) is 0 Å². The number of allylic oxidation sites excluding steroid dienone is 3. The molecular formula is C51H95NO13. The molecule has 0 aromatic carbocycles. The van der Waals surface area contributed by atoms with Crippen molar-refractivity contribution in [3.05, 3.63) is 24.3 Å². The van der Waals surface area contributed by atoms with E-state index in [2.05, 4.69) is 31.3 Å². The van der Waals surface area contributed by atoms with Crippen LogP contribution in [-0.2, 0) is 23.7 Å². The molecule has 2 rings (SSSR count). The van der Waals surface area contributed by atoms with Crippen LogP contribution in [0.1, 0.15) is 200 Å². The molecule has 2 heterocycles. The predicted octanol–water partition coefficient (Wildman–Crippen LogP) is 6.94. The zero-order valence-electron chi connectivity index (χ0n) is 40.5. The average Bonchev–Trinajstić information content (AvgIpc) is 3.30. The van der Waals surface area contributed by atoms with E-state index in [1.807, 2.05) is 6.08 Å². The Morgan fingerprint density at radius 1 is 0.538 bits per heavy atom. The van der Waals surface area contributed by atoms with Crippen molar-refractivity contribution in [3.63, 3.8) is 0 Å². The number of nitrogens with one attached hydrogen (secondary N) is 1. The van der Waals surface area contributed by atoms with Gasteiger partial charge in [-0.1, -0.05) is 186 Å². The Morgan fingerprint density at radius 2 is 0.985 bits per heavy atom. The van der Waals surface area contributed by atoms with Crippen LogP contribution < -0.4 is 5.32 Å². The zero-order chi connectivity index (χ0) is 47.5. The van der Waals surface area contributed by atoms with Crippen molar-refractivity contribution in [1.82, 2.24) is 5.32 Å². The third-order valence-corrected chi connectivity index (χ3v) is 12.9. The molecule has 2 aliphatic heterocycles. The monoisotopic (exact) mass is 930 g/mol. The third-order valence-electron chi connectivity index (χ3n) is 12.9. The number of unbranched alkanes of at least 4 members (excludes halogenated alkanes) is 25. The molecule has 0 aromatic rings. The normalized spacial score (nSPS) is 27.2. The Labute approximate surface area is 392 Å². The number of hydrogen-bond donors (Lipinski definition) is 9. The van der Waals surface area contributed by atoms with Gasteiger partial charge in [-0.2, -0.15) is 0 Å². The van der Waals surface area contributed by atoms with Gasteiger partial charge >= 0.3 is 0 Å². The summed E-state index contributed by atoms with van der Waals surface area (Å²) in [6, 6.07) is -0.924. The van der Waals surface area contributed by atoms with Gasteiger partial charge in [-0.25, -0.2) is 0 Å². The Hall–Kier alpha value is -1.53. The molecule has 382 valence electrons. The molecule has 1 amide bonds. The van der Waals surface area contributed by atoms with Gasteiger partial charge in [0, 0.05) is 6.42 Å². The highest BCUT2D eigenvalue weighted by molar-refractivity contribution is 5.76. The second-order valence-corrected chi connectivity index (χ2v) is 18.6. The SMILES string of the molecule is CCCCCCCCCCCCCCCCCCCCC/C=C/CC/C=C/C(O)C(COC1OC(CO)C(OC2OC(CO)C(O)C(O)C2O)C(O)C1O)NC(=O)CCCCCCCC. The fourth-order valence-electron chi connectivity index (χ4n) is 8.60. The number of rotatable bonds is 40. The molecule has 12 unspecified atom stereocenters. The lowest BCUT2D eigenvalue weighted by Gasteiger charge is -2.46. The Bertz CT molecular complexity index is 1190. The first kappa shape index (κ1) is 59.6. The lowest BCUT2D eigenvalue weighted by molar-refractivity contribution is -0.359. The van der Waals surface area contributed by atoms with E-state index < -0.39 is 86.8 Å². The smallest absolute Gasteiger partial charge is 0.220 e. The molecule has 0 spiro atoms. The molecule has 65 heavy (non-hydrogen) atoms. The molecule has 0 radical (unpaired) electrons. The molecule has 14 nitrogen and oxygen atoms in total. The van der Waals surface area contributed by atoms with Gasteiger partial charge in [-0.15, -0.1) is 0 Å². The third kappa shape index (κ3) is 25.6. The van der Waals surface area contributed by atoms with E-state index in [0.29, 0.717) is 12.8 Å². The number of aliphatic hydroxyl groups is 8. The summed E-state index contributed by atoms with van der Waals surface area (Å²) in [4.78, 5) is 13.0. The second kappa shape index (κ2) is 38.3. The van der Waals surface area contributed by atoms with Crippen LogP contribution in [0.3, 0.4) is 0 Å². The van der Waals surface area contributed by atoms with Gasteiger partial charge in [0.1, 0.15) is 48.8 Å². The van der Waals surface area contributed by atoms with Crippen molar-refractivity contribution in [3.8, 4) is 0 Å². The highest BCUT2D eigenvalue weighted by atomic mass is 16.7. The summed E-state index contributed by atoms with van der Waals surface area (Å²) in [5.41, 5.74) is 0. The highest BCUT2D eigenvalue weighted by Crippen LogP contribution is 2.30. The zero-order valence-corrected chi connectivity index (χ0v) is 40.5. The molecule has 2 aliphatic rings. The summed E-state index contributed by atoms with van der Waals surface area (Å²) >= 11 is 0. The number of amides is 1. The maximum Gasteiger partial charge on any atom is 0.220 e. The largest absolute Gasteiger partial charge is 0.394 e. The summed E-state index contributed by atoms with van der Waals surface area (Å²) in [5, 5.41) is 86.4. The average molecular weight is 930 g/mol. The minimum absolute atomic E-state index is 0.259. The Balaban J connectivity index is 1.73. The van der Waals surface area contributed by atoms with Gasteiger partial charge in [0.2, 0.25) is 5.91 Å². The van der Waals surface area contributed by atoms with Crippen molar-refractivity contribution in [2.75, 3.05) is 19.8 Å². The Morgan fingerprint density at radius 3 is 1.51 bits per heavy atom. The number of hydrogen-bond acceptors (Lipinski definition) is 13. The Kier molecular flexibility index (Phi) is 35.1. The first-order valence-corrected chi connectivity index (χ1v) is 26.1. The molecule has 0 bridgehead atoms. The fraction of sp³-hybridized carbons (Fsp3) is 0.902. The van der Waals surface area contributed by atoms with Gasteiger partial charge in [-0.3, -0.25) is 4.79 Å². The molecule has 12 atom stereocenters. The van der Waals surface area contributed by atoms with E-state index in [9.17, 15) is 45.6 Å². The second-order valence-electron chi connectivity index (χ2n) is 18.6. The quantitative estimate of drug-likeness (QED) is 0.0225. The van der Waals surface area contributed by atoms with E-state index in [1.165, 1.54) is 122 Å². The molecular weight excluding hydrogens is 835 g/mol. The van der Waals surface area contributed by atoms with Gasteiger partial charge < -0.3 is 65.1 Å². The predicted molar refractivity (Wildman–Crippen MR) is 254 cm³/mol. The minimum Gasteiger partial charge on any atom is -0.394 e. The number of carbonyl (C=O) groups is 1. The van der Waals surface area contributed by atoms with Crippen LogP contribution in [0, 0.1) is 0 Å². The summed E-state index contributed by atoms with van der Waals surface area (Å²) < 4.78 is 22.6. The summed E-state index contributed by atoms with van der Waals surface area (Å²) in [7, 11) is 0. The maximum atomic E-state index is 13.0. The van der Waals surface area contributed by atoms with Crippen LogP contribution in [-0.4, -0.2) is 140 Å². The molecule has 14 heteroatoms. The highest BCUT2D eigenvalue weighted by Gasteiger charge is 2.51. The molecule has 2 saturated heterocycles. The van der Waals surface area contributed by atoms with Gasteiger partial charge in [0.05, 0.1) is 32.0 Å². The number of ether oxygens (including phenoxy) is 4. The first-order valence-electron chi connectivity index (χ1n) is 26.1. The van der Waals surface area contributed by atoms with E-state index >= 15 is 0 Å². The molecule has 0 aliphatic carbocycles. The van der Waals surface area contributed by atoms with Crippen LogP contribution in [0.15, 0.2) is 24.3 Å². The van der Waals surface area contributed by atoms with Crippen LogP contribution in [0.4, 0.5) is 0 Å². The molecule has 0 saturated carbocycles. The van der Waals surface area contributed by atoms with Crippen LogP contribution in [0.2, 0.25) is 0 Å². The van der Waals surface area contributed by atoms with Gasteiger partial charge in [0.15, 0.2) is 12.6 Å². The lowest BCUT2D eigenvalue weighted by Crippen LogP contribution is -2.65. The fourth-order valence-corrected chi connectivity index (χ4v) is 8.60.